The second-order valence-corrected chi connectivity index (χ2v) is 4.74. The highest BCUT2D eigenvalue weighted by atomic mass is 16.5. The van der Waals surface area contributed by atoms with E-state index in [9.17, 15) is 0 Å². The van der Waals surface area contributed by atoms with Crippen LogP contribution in [0.5, 0.6) is 0 Å². The molecular weight excluding hydrogens is 186 g/mol. The van der Waals surface area contributed by atoms with Gasteiger partial charge in [-0.15, -0.1) is 0 Å². The first kappa shape index (κ1) is 11.0. The number of nitrogens with one attached hydrogen (secondary N) is 1. The Balaban J connectivity index is 1.86. The Morgan fingerprint density at radius 1 is 1.47 bits per heavy atom. The van der Waals surface area contributed by atoms with Gasteiger partial charge in [0.05, 0.1) is 12.6 Å². The second-order valence-electron chi connectivity index (χ2n) is 4.74. The summed E-state index contributed by atoms with van der Waals surface area (Å²) in [5.74, 6) is 2.14. The van der Waals surface area contributed by atoms with Crippen LogP contribution in [0.4, 0.5) is 0 Å². The van der Waals surface area contributed by atoms with Gasteiger partial charge in [0.1, 0.15) is 5.76 Å². The molecule has 0 aromatic carbocycles. The highest BCUT2D eigenvalue weighted by Crippen LogP contribution is 2.30. The molecule has 0 saturated heterocycles. The Morgan fingerprint density at radius 3 is 2.87 bits per heavy atom. The lowest BCUT2D eigenvalue weighted by atomic mass is 9.97. The lowest BCUT2D eigenvalue weighted by Crippen LogP contribution is -2.32. The van der Waals surface area contributed by atoms with Crippen LogP contribution < -0.4 is 5.32 Å². The summed E-state index contributed by atoms with van der Waals surface area (Å²) in [5, 5.41) is 3.56. The van der Waals surface area contributed by atoms with Gasteiger partial charge in [-0.1, -0.05) is 32.6 Å². The maximum Gasteiger partial charge on any atom is 0.109 e. The van der Waals surface area contributed by atoms with Crippen molar-refractivity contribution in [1.29, 1.82) is 0 Å². The van der Waals surface area contributed by atoms with Gasteiger partial charge in [-0.3, -0.25) is 0 Å². The lowest BCUT2D eigenvalue weighted by Gasteiger charge is -2.22. The van der Waals surface area contributed by atoms with E-state index in [1.165, 1.54) is 37.9 Å². The predicted octanol–water partition coefficient (Wildman–Crippen LogP) is 2.85. The SMILES string of the molecule is CCNC(CC1CCCC1)C1=CCCO1. The van der Waals surface area contributed by atoms with E-state index in [0.717, 1.165) is 25.5 Å². The molecule has 0 aromatic heterocycles. The predicted molar refractivity (Wildman–Crippen MR) is 62.7 cm³/mol. The summed E-state index contributed by atoms with van der Waals surface area (Å²) in [6.07, 6.45) is 10.4. The Morgan fingerprint density at radius 2 is 2.27 bits per heavy atom. The zero-order chi connectivity index (χ0) is 10.5. The zero-order valence-corrected chi connectivity index (χ0v) is 9.80. The van der Waals surface area contributed by atoms with Gasteiger partial charge in [0.15, 0.2) is 0 Å². The van der Waals surface area contributed by atoms with E-state index in [4.69, 9.17) is 4.74 Å². The van der Waals surface area contributed by atoms with Crippen molar-refractivity contribution in [1.82, 2.24) is 5.32 Å². The monoisotopic (exact) mass is 209 g/mol. The molecule has 2 rings (SSSR count). The number of hydrogen-bond donors (Lipinski definition) is 1. The highest BCUT2D eigenvalue weighted by molar-refractivity contribution is 5.07. The third-order valence-electron chi connectivity index (χ3n) is 3.57. The van der Waals surface area contributed by atoms with Gasteiger partial charge >= 0.3 is 0 Å². The van der Waals surface area contributed by atoms with Crippen LogP contribution in [0.1, 0.15) is 45.4 Å². The van der Waals surface area contributed by atoms with Crippen molar-refractivity contribution >= 4 is 0 Å². The zero-order valence-electron chi connectivity index (χ0n) is 9.80. The minimum Gasteiger partial charge on any atom is -0.496 e. The van der Waals surface area contributed by atoms with Gasteiger partial charge in [-0.05, 0) is 25.0 Å². The largest absolute Gasteiger partial charge is 0.496 e. The van der Waals surface area contributed by atoms with E-state index in [0.29, 0.717) is 6.04 Å². The van der Waals surface area contributed by atoms with Gasteiger partial charge < -0.3 is 10.1 Å². The fourth-order valence-electron chi connectivity index (χ4n) is 2.81. The number of rotatable bonds is 5. The molecule has 1 fully saturated rings. The number of ether oxygens (including phenoxy) is 1. The Labute approximate surface area is 93.1 Å². The van der Waals surface area contributed by atoms with E-state index in [2.05, 4.69) is 18.3 Å². The van der Waals surface area contributed by atoms with Crippen LogP contribution >= 0.6 is 0 Å². The van der Waals surface area contributed by atoms with E-state index in [1.54, 1.807) is 0 Å². The van der Waals surface area contributed by atoms with Gasteiger partial charge in [0.25, 0.3) is 0 Å². The first-order chi connectivity index (χ1) is 7.40. The van der Waals surface area contributed by atoms with E-state index >= 15 is 0 Å². The minimum atomic E-state index is 0.487. The molecule has 1 N–H and O–H groups in total. The van der Waals surface area contributed by atoms with Crippen LogP contribution in [0.25, 0.3) is 0 Å². The average Bonchev–Trinajstić information content (AvgIpc) is 2.89. The van der Waals surface area contributed by atoms with Crippen LogP contribution in [0.2, 0.25) is 0 Å². The summed E-state index contributed by atoms with van der Waals surface area (Å²) >= 11 is 0. The van der Waals surface area contributed by atoms with Crippen LogP contribution in [0.15, 0.2) is 11.8 Å². The molecular formula is C13H23NO. The molecule has 2 nitrogen and oxygen atoms in total. The lowest BCUT2D eigenvalue weighted by molar-refractivity contribution is 0.205. The van der Waals surface area contributed by atoms with Gasteiger partial charge in [0.2, 0.25) is 0 Å². The molecule has 1 unspecified atom stereocenters. The minimum absolute atomic E-state index is 0.487. The molecule has 0 spiro atoms. The Hall–Kier alpha value is -0.500. The Kier molecular flexibility index (Phi) is 4.07. The molecule has 86 valence electrons. The van der Waals surface area contributed by atoms with E-state index in [1.807, 2.05) is 0 Å². The fourth-order valence-corrected chi connectivity index (χ4v) is 2.81. The fraction of sp³-hybridized carbons (Fsp3) is 0.846. The summed E-state index contributed by atoms with van der Waals surface area (Å²) < 4.78 is 5.68. The number of likely N-dealkylation sites (N-methyl/N-ethyl adjacent to an activating group) is 1. The molecule has 0 aromatic rings. The summed E-state index contributed by atoms with van der Waals surface area (Å²) in [5.41, 5.74) is 0. The molecule has 0 bridgehead atoms. The van der Waals surface area contributed by atoms with Crippen LogP contribution in [0, 0.1) is 5.92 Å². The molecule has 1 aliphatic heterocycles. The van der Waals surface area contributed by atoms with Gasteiger partial charge in [0, 0.05) is 6.42 Å². The summed E-state index contributed by atoms with van der Waals surface area (Å²) in [7, 11) is 0. The summed E-state index contributed by atoms with van der Waals surface area (Å²) in [6.45, 7) is 4.11. The van der Waals surface area contributed by atoms with Crippen molar-refractivity contribution in [2.75, 3.05) is 13.2 Å². The molecule has 1 aliphatic carbocycles. The first-order valence-electron chi connectivity index (χ1n) is 6.46. The maximum atomic E-state index is 5.68. The van der Waals surface area contributed by atoms with Gasteiger partial charge in [-0.25, -0.2) is 0 Å². The molecule has 1 saturated carbocycles. The molecule has 15 heavy (non-hydrogen) atoms. The van der Waals surface area contributed by atoms with E-state index in [-0.39, 0.29) is 0 Å². The Bertz CT molecular complexity index is 219. The molecule has 1 heterocycles. The van der Waals surface area contributed by atoms with Gasteiger partial charge in [-0.2, -0.15) is 0 Å². The van der Waals surface area contributed by atoms with E-state index < -0.39 is 0 Å². The smallest absolute Gasteiger partial charge is 0.109 e. The maximum absolute atomic E-state index is 5.68. The third kappa shape index (κ3) is 2.97. The highest BCUT2D eigenvalue weighted by Gasteiger charge is 2.24. The molecule has 2 aliphatic rings. The molecule has 0 amide bonds. The average molecular weight is 209 g/mol. The van der Waals surface area contributed by atoms with Crippen molar-refractivity contribution in [2.24, 2.45) is 5.92 Å². The quantitative estimate of drug-likeness (QED) is 0.751. The topological polar surface area (TPSA) is 21.3 Å². The molecule has 2 heteroatoms. The summed E-state index contributed by atoms with van der Waals surface area (Å²) in [6, 6.07) is 0.487. The summed E-state index contributed by atoms with van der Waals surface area (Å²) in [4.78, 5) is 0. The normalized spacial score (nSPS) is 23.9. The van der Waals surface area contributed by atoms with Crippen molar-refractivity contribution < 1.29 is 4.74 Å². The molecule has 1 atom stereocenters. The standard InChI is InChI=1S/C13H23NO/c1-2-14-12(13-8-5-9-15-13)10-11-6-3-4-7-11/h8,11-12,14H,2-7,9-10H2,1H3. The van der Waals surface area contributed by atoms with Crippen molar-refractivity contribution in [3.8, 4) is 0 Å². The van der Waals surface area contributed by atoms with Crippen LogP contribution in [0.3, 0.4) is 0 Å². The molecule has 0 radical (unpaired) electrons. The van der Waals surface area contributed by atoms with Crippen molar-refractivity contribution in [2.45, 2.75) is 51.5 Å². The number of hydrogen-bond acceptors (Lipinski definition) is 2. The third-order valence-corrected chi connectivity index (χ3v) is 3.57. The van der Waals surface area contributed by atoms with Crippen molar-refractivity contribution in [3.63, 3.8) is 0 Å². The van der Waals surface area contributed by atoms with Crippen molar-refractivity contribution in [3.05, 3.63) is 11.8 Å². The van der Waals surface area contributed by atoms with Crippen LogP contribution in [-0.4, -0.2) is 19.2 Å². The first-order valence-corrected chi connectivity index (χ1v) is 6.46. The van der Waals surface area contributed by atoms with Crippen LogP contribution in [-0.2, 0) is 4.74 Å². The second kappa shape index (κ2) is 5.55.